The predicted octanol–water partition coefficient (Wildman–Crippen LogP) is 3.16. The molecule has 8 heteroatoms. The van der Waals surface area contributed by atoms with Crippen LogP contribution in [0.3, 0.4) is 0 Å². The van der Waals surface area contributed by atoms with Crippen molar-refractivity contribution in [2.45, 2.75) is 43.0 Å². The minimum Gasteiger partial charge on any atom is -0.366 e. The van der Waals surface area contributed by atoms with Crippen molar-refractivity contribution in [1.82, 2.24) is 10.2 Å². The molecule has 1 fully saturated rings. The average Bonchev–Trinajstić information content (AvgIpc) is 2.58. The Morgan fingerprint density at radius 2 is 1.54 bits per heavy atom. The summed E-state index contributed by atoms with van der Waals surface area (Å²) in [5.74, 6) is 0.257. The van der Waals surface area contributed by atoms with E-state index in [2.05, 4.69) is 20.2 Å². The van der Waals surface area contributed by atoms with Crippen molar-refractivity contribution in [2.75, 3.05) is 10.0 Å². The van der Waals surface area contributed by atoms with Crippen LogP contribution in [0.25, 0.3) is 0 Å². The number of aromatic nitrogens is 2. The van der Waals surface area contributed by atoms with Gasteiger partial charge in [-0.25, -0.2) is 12.8 Å². The van der Waals surface area contributed by atoms with Crippen LogP contribution in [-0.4, -0.2) is 24.7 Å². The van der Waals surface area contributed by atoms with Gasteiger partial charge in [-0.3, -0.25) is 4.72 Å². The van der Waals surface area contributed by atoms with Gasteiger partial charge in [0, 0.05) is 6.04 Å². The van der Waals surface area contributed by atoms with Gasteiger partial charge >= 0.3 is 0 Å². The lowest BCUT2D eigenvalue weighted by atomic mass is 9.95. The molecule has 0 spiro atoms. The summed E-state index contributed by atoms with van der Waals surface area (Å²) in [6.07, 6.45) is 5.91. The number of rotatable bonds is 5. The van der Waals surface area contributed by atoms with Crippen molar-refractivity contribution in [3.63, 3.8) is 0 Å². The van der Waals surface area contributed by atoms with Gasteiger partial charge in [0.05, 0.1) is 4.90 Å². The molecule has 1 saturated carbocycles. The fraction of sp³-hybridized carbons (Fsp3) is 0.375. The topological polar surface area (TPSA) is 84.0 Å². The highest BCUT2D eigenvalue weighted by Gasteiger charge is 2.16. The first-order valence-corrected chi connectivity index (χ1v) is 9.40. The van der Waals surface area contributed by atoms with E-state index in [-0.39, 0.29) is 10.7 Å². The molecule has 3 rings (SSSR count). The van der Waals surface area contributed by atoms with E-state index in [9.17, 15) is 12.8 Å². The maximum Gasteiger partial charge on any atom is 0.263 e. The van der Waals surface area contributed by atoms with Crippen LogP contribution in [-0.2, 0) is 10.0 Å². The van der Waals surface area contributed by atoms with Crippen molar-refractivity contribution in [1.29, 1.82) is 0 Å². The predicted molar refractivity (Wildman–Crippen MR) is 89.7 cm³/mol. The minimum absolute atomic E-state index is 0.0323. The van der Waals surface area contributed by atoms with Gasteiger partial charge < -0.3 is 5.32 Å². The standard InChI is InChI=1S/C16H19FN4O2S/c17-12-6-8-14(9-7-12)24(22,23)21-16-11-10-15(19-20-16)18-13-4-2-1-3-5-13/h6-11,13H,1-5H2,(H,18,19)(H,20,21). The highest BCUT2D eigenvalue weighted by molar-refractivity contribution is 7.92. The van der Waals surface area contributed by atoms with E-state index in [1.54, 1.807) is 12.1 Å². The third-order valence-electron chi connectivity index (χ3n) is 3.98. The first kappa shape index (κ1) is 16.6. The summed E-state index contributed by atoms with van der Waals surface area (Å²) in [4.78, 5) is -0.0323. The molecule has 128 valence electrons. The summed E-state index contributed by atoms with van der Waals surface area (Å²) >= 11 is 0. The average molecular weight is 350 g/mol. The Morgan fingerprint density at radius 3 is 2.17 bits per heavy atom. The van der Waals surface area contributed by atoms with Gasteiger partial charge in [0.25, 0.3) is 10.0 Å². The molecule has 1 aromatic carbocycles. The van der Waals surface area contributed by atoms with Crippen LogP contribution in [0.4, 0.5) is 16.0 Å². The van der Waals surface area contributed by atoms with Crippen LogP contribution >= 0.6 is 0 Å². The van der Waals surface area contributed by atoms with E-state index < -0.39 is 15.8 Å². The second kappa shape index (κ2) is 7.12. The van der Waals surface area contributed by atoms with Crippen LogP contribution in [0.1, 0.15) is 32.1 Å². The van der Waals surface area contributed by atoms with Gasteiger partial charge in [-0.05, 0) is 49.2 Å². The fourth-order valence-electron chi connectivity index (χ4n) is 2.73. The second-order valence-corrected chi connectivity index (χ2v) is 7.52. The van der Waals surface area contributed by atoms with Crippen LogP contribution in [0.2, 0.25) is 0 Å². The summed E-state index contributed by atoms with van der Waals surface area (Å²) in [6, 6.07) is 8.24. The maximum absolute atomic E-state index is 12.9. The highest BCUT2D eigenvalue weighted by Crippen LogP contribution is 2.21. The normalized spacial score (nSPS) is 15.9. The lowest BCUT2D eigenvalue weighted by Crippen LogP contribution is -2.23. The summed E-state index contributed by atoms with van der Waals surface area (Å²) in [7, 11) is -3.81. The van der Waals surface area contributed by atoms with Gasteiger partial charge in [0.15, 0.2) is 5.82 Å². The number of nitrogens with one attached hydrogen (secondary N) is 2. The number of benzene rings is 1. The molecule has 0 bridgehead atoms. The number of nitrogens with zero attached hydrogens (tertiary/aromatic N) is 2. The van der Waals surface area contributed by atoms with E-state index in [1.807, 2.05) is 0 Å². The van der Waals surface area contributed by atoms with Crippen molar-refractivity contribution < 1.29 is 12.8 Å². The molecule has 1 aromatic heterocycles. The number of sulfonamides is 1. The molecule has 24 heavy (non-hydrogen) atoms. The Balaban J connectivity index is 1.66. The summed E-state index contributed by atoms with van der Waals surface area (Å²) in [5.41, 5.74) is 0. The molecule has 0 unspecified atom stereocenters. The van der Waals surface area contributed by atoms with Crippen molar-refractivity contribution >= 4 is 21.7 Å². The third-order valence-corrected chi connectivity index (χ3v) is 5.36. The first-order chi connectivity index (χ1) is 11.5. The zero-order valence-electron chi connectivity index (χ0n) is 13.1. The molecular weight excluding hydrogens is 331 g/mol. The first-order valence-electron chi connectivity index (χ1n) is 7.91. The van der Waals surface area contributed by atoms with Gasteiger partial charge in [-0.15, -0.1) is 10.2 Å². The van der Waals surface area contributed by atoms with Crippen molar-refractivity contribution in [3.05, 3.63) is 42.2 Å². The van der Waals surface area contributed by atoms with Crippen molar-refractivity contribution in [3.8, 4) is 0 Å². The van der Waals surface area contributed by atoms with E-state index >= 15 is 0 Å². The van der Waals surface area contributed by atoms with Crippen molar-refractivity contribution in [2.24, 2.45) is 0 Å². The number of hydrogen-bond donors (Lipinski definition) is 2. The molecular formula is C16H19FN4O2S. The van der Waals surface area contributed by atoms with E-state index in [0.717, 1.165) is 25.0 Å². The third kappa shape index (κ3) is 4.19. The van der Waals surface area contributed by atoms with Crippen LogP contribution in [0, 0.1) is 5.82 Å². The largest absolute Gasteiger partial charge is 0.366 e. The van der Waals surface area contributed by atoms with Gasteiger partial charge in [-0.2, -0.15) is 0 Å². The van der Waals surface area contributed by atoms with Crippen LogP contribution in [0.5, 0.6) is 0 Å². The number of halogens is 1. The highest BCUT2D eigenvalue weighted by atomic mass is 32.2. The fourth-order valence-corrected chi connectivity index (χ4v) is 3.73. The Hall–Kier alpha value is -2.22. The Bertz CT molecular complexity index is 773. The lowest BCUT2D eigenvalue weighted by molar-refractivity contribution is 0.461. The molecule has 0 atom stereocenters. The van der Waals surface area contributed by atoms with E-state index in [1.165, 1.54) is 31.4 Å². The Labute approximate surface area is 140 Å². The maximum atomic E-state index is 12.9. The zero-order valence-corrected chi connectivity index (χ0v) is 13.9. The lowest BCUT2D eigenvalue weighted by Gasteiger charge is -2.22. The SMILES string of the molecule is O=S(=O)(Nc1ccc(NC2CCCCC2)nn1)c1ccc(F)cc1. The van der Waals surface area contributed by atoms with Gasteiger partial charge in [0.1, 0.15) is 11.6 Å². The molecule has 2 N–H and O–H groups in total. The molecule has 6 nitrogen and oxygen atoms in total. The molecule has 2 aromatic rings. The summed E-state index contributed by atoms with van der Waals surface area (Å²) < 4.78 is 39.6. The summed E-state index contributed by atoms with van der Waals surface area (Å²) in [6.45, 7) is 0. The second-order valence-electron chi connectivity index (χ2n) is 5.84. The molecule has 1 aliphatic carbocycles. The molecule has 0 aliphatic heterocycles. The zero-order chi connectivity index (χ0) is 17.0. The monoisotopic (exact) mass is 350 g/mol. The number of anilines is 2. The van der Waals surface area contributed by atoms with E-state index in [4.69, 9.17) is 0 Å². The quantitative estimate of drug-likeness (QED) is 0.865. The Kier molecular flexibility index (Phi) is 4.94. The number of hydrogen-bond acceptors (Lipinski definition) is 5. The van der Waals surface area contributed by atoms with E-state index in [0.29, 0.717) is 11.9 Å². The van der Waals surface area contributed by atoms with Crippen LogP contribution < -0.4 is 10.0 Å². The minimum atomic E-state index is -3.81. The van der Waals surface area contributed by atoms with Gasteiger partial charge in [-0.1, -0.05) is 19.3 Å². The molecule has 1 heterocycles. The summed E-state index contributed by atoms with van der Waals surface area (Å²) in [5, 5.41) is 11.2. The molecule has 0 radical (unpaired) electrons. The van der Waals surface area contributed by atoms with Crippen LogP contribution in [0.15, 0.2) is 41.3 Å². The Morgan fingerprint density at radius 1 is 0.917 bits per heavy atom. The smallest absolute Gasteiger partial charge is 0.263 e. The molecule has 0 amide bonds. The molecule has 0 saturated heterocycles. The van der Waals surface area contributed by atoms with Gasteiger partial charge in [0.2, 0.25) is 0 Å². The molecule has 1 aliphatic rings.